The lowest BCUT2D eigenvalue weighted by Gasteiger charge is -1.85. The molecule has 0 rings (SSSR count). The van der Waals surface area contributed by atoms with Crippen molar-refractivity contribution in [2.45, 2.75) is 20.3 Å². The Bertz CT molecular complexity index is 110. The van der Waals surface area contributed by atoms with Crippen molar-refractivity contribution in [1.29, 1.82) is 0 Å². The highest BCUT2D eigenvalue weighted by molar-refractivity contribution is 5.84. The Morgan fingerprint density at radius 2 is 2.09 bits per heavy atom. The molecule has 66 valence electrons. The van der Waals surface area contributed by atoms with E-state index in [9.17, 15) is 4.79 Å². The maximum absolute atomic E-state index is 9.60. The fourth-order valence-electron chi connectivity index (χ4n) is 0.144. The molecule has 0 aliphatic carbocycles. The van der Waals surface area contributed by atoms with E-state index in [0.717, 1.165) is 13.0 Å². The van der Waals surface area contributed by atoms with Gasteiger partial charge in [-0.3, -0.25) is 11.3 Å². The van der Waals surface area contributed by atoms with Gasteiger partial charge in [0.25, 0.3) is 0 Å². The zero-order valence-corrected chi connectivity index (χ0v) is 7.05. The van der Waals surface area contributed by atoms with Crippen LogP contribution in [0.1, 0.15) is 20.3 Å². The molecule has 0 aromatic rings. The van der Waals surface area contributed by atoms with Gasteiger partial charge >= 0.3 is 5.97 Å². The van der Waals surface area contributed by atoms with Crippen LogP contribution < -0.4 is 11.3 Å². The third-order valence-electron chi connectivity index (χ3n) is 0.759. The number of rotatable bonds is 3. The summed E-state index contributed by atoms with van der Waals surface area (Å²) in [7, 11) is 0. The lowest BCUT2D eigenvalue weighted by atomic mass is 10.4. The minimum atomic E-state index is -0.935. The van der Waals surface area contributed by atoms with E-state index in [2.05, 4.69) is 18.9 Å². The molecule has 0 saturated heterocycles. The molecule has 0 heterocycles. The normalized spacial score (nSPS) is 7.91. The number of aliphatic carboxylic acids is 1. The SMILES string of the molecule is C=C(C)C(=O)O.CCCNN. The Hall–Kier alpha value is -0.870. The molecule has 0 aliphatic heterocycles. The van der Waals surface area contributed by atoms with E-state index < -0.39 is 5.97 Å². The minimum Gasteiger partial charge on any atom is -0.478 e. The molecule has 4 heteroatoms. The standard InChI is InChI=1S/C4H6O2.C3H10N2/c1-3(2)4(5)6;1-2-3-5-4/h1H2,2H3,(H,5,6);5H,2-4H2,1H3. The van der Waals surface area contributed by atoms with Crippen molar-refractivity contribution in [3.63, 3.8) is 0 Å². The van der Waals surface area contributed by atoms with Crippen LogP contribution in [-0.4, -0.2) is 17.6 Å². The quantitative estimate of drug-likeness (QED) is 0.319. The second-order valence-electron chi connectivity index (χ2n) is 2.04. The summed E-state index contributed by atoms with van der Waals surface area (Å²) in [5.41, 5.74) is 2.69. The van der Waals surface area contributed by atoms with Crippen molar-refractivity contribution >= 4 is 5.97 Å². The molecule has 0 saturated carbocycles. The number of carboxylic acid groups (broad SMARTS) is 1. The molecule has 0 atom stereocenters. The van der Waals surface area contributed by atoms with Gasteiger partial charge in [0.1, 0.15) is 0 Å². The maximum atomic E-state index is 9.60. The highest BCUT2D eigenvalue weighted by atomic mass is 16.4. The summed E-state index contributed by atoms with van der Waals surface area (Å²) in [6.45, 7) is 7.59. The highest BCUT2D eigenvalue weighted by Crippen LogP contribution is 1.81. The van der Waals surface area contributed by atoms with E-state index >= 15 is 0 Å². The smallest absolute Gasteiger partial charge is 0.330 e. The van der Waals surface area contributed by atoms with Crippen molar-refractivity contribution in [2.24, 2.45) is 5.84 Å². The minimum absolute atomic E-state index is 0.176. The largest absolute Gasteiger partial charge is 0.478 e. The molecule has 0 amide bonds. The summed E-state index contributed by atoms with van der Waals surface area (Å²) in [6.07, 6.45) is 1.11. The average Bonchev–Trinajstić information content (AvgIpc) is 1.90. The zero-order chi connectivity index (χ0) is 9.28. The van der Waals surface area contributed by atoms with Gasteiger partial charge in [-0.15, -0.1) is 0 Å². The molecule has 0 spiro atoms. The van der Waals surface area contributed by atoms with E-state index in [1.807, 2.05) is 0 Å². The van der Waals surface area contributed by atoms with Gasteiger partial charge in [0.2, 0.25) is 0 Å². The van der Waals surface area contributed by atoms with Crippen LogP contribution in [0.25, 0.3) is 0 Å². The van der Waals surface area contributed by atoms with Crippen LogP contribution >= 0.6 is 0 Å². The van der Waals surface area contributed by atoms with Gasteiger partial charge in [0.15, 0.2) is 0 Å². The summed E-state index contributed by atoms with van der Waals surface area (Å²) in [4.78, 5) is 9.60. The highest BCUT2D eigenvalue weighted by Gasteiger charge is 1.90. The number of hydrazine groups is 1. The van der Waals surface area contributed by atoms with Crippen LogP contribution in [0, 0.1) is 0 Å². The van der Waals surface area contributed by atoms with Gasteiger partial charge in [-0.2, -0.15) is 0 Å². The van der Waals surface area contributed by atoms with Gasteiger partial charge in [0, 0.05) is 12.1 Å². The number of carboxylic acids is 1. The van der Waals surface area contributed by atoms with Gasteiger partial charge in [0.05, 0.1) is 0 Å². The van der Waals surface area contributed by atoms with E-state index in [-0.39, 0.29) is 5.57 Å². The summed E-state index contributed by atoms with van der Waals surface area (Å²) >= 11 is 0. The molecular weight excluding hydrogens is 144 g/mol. The predicted octanol–water partition coefficient (Wildman–Crippen LogP) is 0.507. The molecule has 0 radical (unpaired) electrons. The first kappa shape index (κ1) is 12.8. The van der Waals surface area contributed by atoms with Crippen molar-refractivity contribution in [1.82, 2.24) is 5.43 Å². The van der Waals surface area contributed by atoms with Crippen LogP contribution in [0.2, 0.25) is 0 Å². The summed E-state index contributed by atoms with van der Waals surface area (Å²) in [5.74, 6) is 3.95. The van der Waals surface area contributed by atoms with Gasteiger partial charge in [-0.05, 0) is 13.3 Å². The lowest BCUT2D eigenvalue weighted by molar-refractivity contribution is -0.132. The molecule has 0 aromatic heterocycles. The zero-order valence-electron chi connectivity index (χ0n) is 7.05. The molecule has 11 heavy (non-hydrogen) atoms. The summed E-state index contributed by atoms with van der Waals surface area (Å²) in [5, 5.41) is 7.89. The van der Waals surface area contributed by atoms with Crippen molar-refractivity contribution in [2.75, 3.05) is 6.54 Å². The third-order valence-corrected chi connectivity index (χ3v) is 0.759. The maximum Gasteiger partial charge on any atom is 0.330 e. The van der Waals surface area contributed by atoms with E-state index in [1.165, 1.54) is 6.92 Å². The van der Waals surface area contributed by atoms with Crippen LogP contribution in [-0.2, 0) is 4.79 Å². The van der Waals surface area contributed by atoms with Crippen LogP contribution in [0.15, 0.2) is 12.2 Å². The number of nitrogens with one attached hydrogen (secondary N) is 1. The predicted molar refractivity (Wildman–Crippen MR) is 44.9 cm³/mol. The molecule has 0 unspecified atom stereocenters. The van der Waals surface area contributed by atoms with E-state index in [1.54, 1.807) is 0 Å². The first-order valence-corrected chi connectivity index (χ1v) is 3.38. The number of hydrogen-bond acceptors (Lipinski definition) is 3. The van der Waals surface area contributed by atoms with Crippen LogP contribution in [0.5, 0.6) is 0 Å². The fraction of sp³-hybridized carbons (Fsp3) is 0.571. The van der Waals surface area contributed by atoms with Crippen molar-refractivity contribution < 1.29 is 9.90 Å². The molecule has 0 bridgehead atoms. The fourth-order valence-corrected chi connectivity index (χ4v) is 0.144. The van der Waals surface area contributed by atoms with Crippen LogP contribution in [0.4, 0.5) is 0 Å². The first-order valence-electron chi connectivity index (χ1n) is 3.38. The molecule has 0 aliphatic rings. The monoisotopic (exact) mass is 160 g/mol. The molecule has 4 N–H and O–H groups in total. The van der Waals surface area contributed by atoms with Crippen LogP contribution in [0.3, 0.4) is 0 Å². The first-order chi connectivity index (χ1) is 5.06. The van der Waals surface area contributed by atoms with Gasteiger partial charge < -0.3 is 5.11 Å². The van der Waals surface area contributed by atoms with Crippen molar-refractivity contribution in [3.05, 3.63) is 12.2 Å². The average molecular weight is 160 g/mol. The lowest BCUT2D eigenvalue weighted by Crippen LogP contribution is -2.21. The summed E-state index contributed by atoms with van der Waals surface area (Å²) < 4.78 is 0. The van der Waals surface area contributed by atoms with Gasteiger partial charge in [-0.25, -0.2) is 4.79 Å². The Morgan fingerprint density at radius 1 is 1.73 bits per heavy atom. The van der Waals surface area contributed by atoms with Crippen molar-refractivity contribution in [3.8, 4) is 0 Å². The molecular formula is C7H16N2O2. The van der Waals surface area contributed by atoms with Gasteiger partial charge in [-0.1, -0.05) is 13.5 Å². The number of nitrogens with two attached hydrogens (primary N) is 1. The number of hydrogen-bond donors (Lipinski definition) is 3. The molecule has 0 fully saturated rings. The topological polar surface area (TPSA) is 75.3 Å². The second-order valence-corrected chi connectivity index (χ2v) is 2.04. The number of carbonyl (C=O) groups is 1. The molecule has 4 nitrogen and oxygen atoms in total. The summed E-state index contributed by atoms with van der Waals surface area (Å²) in [6, 6.07) is 0. The molecule has 0 aromatic carbocycles. The Balaban J connectivity index is 0. The Labute approximate surface area is 67.1 Å². The Kier molecular flexibility index (Phi) is 10.6. The third kappa shape index (κ3) is 17.6. The second kappa shape index (κ2) is 9.13. The van der Waals surface area contributed by atoms with E-state index in [0.29, 0.717) is 0 Å². The van der Waals surface area contributed by atoms with E-state index in [4.69, 9.17) is 10.9 Å². The Morgan fingerprint density at radius 3 is 2.09 bits per heavy atom.